The van der Waals surface area contributed by atoms with Crippen molar-refractivity contribution < 1.29 is 13.2 Å². The number of sulfonamides is 1. The summed E-state index contributed by atoms with van der Waals surface area (Å²) in [4.78, 5) is 13.3. The van der Waals surface area contributed by atoms with Gasteiger partial charge < -0.3 is 10.6 Å². The molecule has 3 fully saturated rings. The number of hydrogen-bond donors (Lipinski definition) is 3. The number of amides is 1. The summed E-state index contributed by atoms with van der Waals surface area (Å²) >= 11 is 0. The van der Waals surface area contributed by atoms with Gasteiger partial charge in [-0.2, -0.15) is 0 Å². The summed E-state index contributed by atoms with van der Waals surface area (Å²) < 4.78 is 27.9. The molecule has 3 N–H and O–H groups in total. The van der Waals surface area contributed by atoms with Gasteiger partial charge in [-0.05, 0) is 62.8 Å². The highest BCUT2D eigenvalue weighted by molar-refractivity contribution is 7.89. The van der Waals surface area contributed by atoms with Crippen molar-refractivity contribution in [3.8, 4) is 0 Å². The van der Waals surface area contributed by atoms with Gasteiger partial charge in [0.25, 0.3) is 0 Å². The molecule has 7 heteroatoms. The topological polar surface area (TPSA) is 87.3 Å². The largest absolute Gasteiger partial charge is 0.326 e. The number of anilines is 1. The van der Waals surface area contributed by atoms with Crippen molar-refractivity contribution in [1.29, 1.82) is 0 Å². The van der Waals surface area contributed by atoms with Crippen LogP contribution in [0.1, 0.15) is 44.1 Å². The lowest BCUT2D eigenvalue weighted by Gasteiger charge is -2.37. The van der Waals surface area contributed by atoms with Crippen molar-refractivity contribution in [2.75, 3.05) is 18.4 Å². The highest BCUT2D eigenvalue weighted by atomic mass is 32.2. The molecule has 142 valence electrons. The Labute approximate surface area is 155 Å². The lowest BCUT2D eigenvalue weighted by atomic mass is 9.67. The van der Waals surface area contributed by atoms with Gasteiger partial charge in [0, 0.05) is 18.3 Å². The van der Waals surface area contributed by atoms with Crippen molar-refractivity contribution in [2.24, 2.45) is 11.3 Å². The molecule has 2 aliphatic carbocycles. The quantitative estimate of drug-likeness (QED) is 0.734. The maximum Gasteiger partial charge on any atom is 0.241 e. The summed E-state index contributed by atoms with van der Waals surface area (Å²) in [6.07, 6.45) is 6.03. The van der Waals surface area contributed by atoms with Crippen LogP contribution in [0.25, 0.3) is 0 Å². The summed E-state index contributed by atoms with van der Waals surface area (Å²) in [6.45, 7) is 3.39. The van der Waals surface area contributed by atoms with Crippen molar-refractivity contribution in [3.05, 3.63) is 23.8 Å². The molecule has 1 aromatic rings. The zero-order chi connectivity index (χ0) is 18.4. The standard InChI is InChI=1S/C19H27N3O3S/c1-13-5-6-16(10-17(13)26(24,25)22-15-7-8-15)21-18(23)19-9-3-2-4-14(19)11-20-12-19/h5-6,10,14-15,20,22H,2-4,7-9,11-12H2,1H3,(H,21,23)/t14-,19+/m0/s1. The summed E-state index contributed by atoms with van der Waals surface area (Å²) in [5.74, 6) is 0.399. The van der Waals surface area contributed by atoms with Gasteiger partial charge in [-0.15, -0.1) is 0 Å². The predicted molar refractivity (Wildman–Crippen MR) is 100 cm³/mol. The molecule has 26 heavy (non-hydrogen) atoms. The van der Waals surface area contributed by atoms with Crippen LogP contribution >= 0.6 is 0 Å². The summed E-state index contributed by atoms with van der Waals surface area (Å²) in [5, 5.41) is 6.39. The number of aryl methyl sites for hydroxylation is 1. The van der Waals surface area contributed by atoms with E-state index in [1.807, 2.05) is 0 Å². The molecule has 2 atom stereocenters. The number of carbonyl (C=O) groups is 1. The molecule has 0 aromatic heterocycles. The van der Waals surface area contributed by atoms with E-state index in [2.05, 4.69) is 15.4 Å². The van der Waals surface area contributed by atoms with Crippen LogP contribution in [0.4, 0.5) is 5.69 Å². The van der Waals surface area contributed by atoms with Gasteiger partial charge in [0.05, 0.1) is 10.3 Å². The van der Waals surface area contributed by atoms with E-state index >= 15 is 0 Å². The molecule has 1 saturated heterocycles. The van der Waals surface area contributed by atoms with E-state index < -0.39 is 10.0 Å². The van der Waals surface area contributed by atoms with Crippen LogP contribution < -0.4 is 15.4 Å². The number of nitrogens with one attached hydrogen (secondary N) is 3. The first-order valence-electron chi connectivity index (χ1n) is 9.56. The average molecular weight is 378 g/mol. The summed E-state index contributed by atoms with van der Waals surface area (Å²) in [6, 6.07) is 5.21. The van der Waals surface area contributed by atoms with Gasteiger partial charge in [-0.3, -0.25) is 4.79 Å². The first kappa shape index (κ1) is 17.9. The smallest absolute Gasteiger partial charge is 0.241 e. The van der Waals surface area contributed by atoms with Crippen LogP contribution in [0.5, 0.6) is 0 Å². The average Bonchev–Trinajstić information content (AvgIpc) is 3.29. The van der Waals surface area contributed by atoms with E-state index in [0.29, 0.717) is 23.7 Å². The SMILES string of the molecule is Cc1ccc(NC(=O)[C@@]23CCCC[C@H]2CNC3)cc1S(=O)(=O)NC1CC1. The fraction of sp³-hybridized carbons (Fsp3) is 0.632. The van der Waals surface area contributed by atoms with Crippen molar-refractivity contribution >= 4 is 21.6 Å². The molecule has 0 spiro atoms. The van der Waals surface area contributed by atoms with E-state index in [-0.39, 0.29) is 22.3 Å². The third-order valence-corrected chi connectivity index (χ3v) is 7.79. The number of carbonyl (C=O) groups excluding carboxylic acids is 1. The minimum absolute atomic E-state index is 0.0227. The Balaban J connectivity index is 1.56. The number of hydrogen-bond acceptors (Lipinski definition) is 4. The Kier molecular flexibility index (Phi) is 4.57. The lowest BCUT2D eigenvalue weighted by Crippen LogP contribution is -2.44. The molecule has 2 saturated carbocycles. The Morgan fingerprint density at radius 2 is 2.04 bits per heavy atom. The fourth-order valence-corrected chi connectivity index (χ4v) is 5.97. The van der Waals surface area contributed by atoms with Crippen LogP contribution in [0.2, 0.25) is 0 Å². The molecule has 3 aliphatic rings. The molecule has 1 aliphatic heterocycles. The third-order valence-electron chi connectivity index (χ3n) is 6.13. The van der Waals surface area contributed by atoms with Crippen molar-refractivity contribution in [3.63, 3.8) is 0 Å². The fourth-order valence-electron chi connectivity index (χ4n) is 4.40. The van der Waals surface area contributed by atoms with E-state index in [9.17, 15) is 13.2 Å². The second-order valence-corrected chi connectivity index (χ2v) is 9.74. The normalized spacial score (nSPS) is 28.6. The van der Waals surface area contributed by atoms with E-state index in [0.717, 1.165) is 38.6 Å². The minimum atomic E-state index is -3.54. The summed E-state index contributed by atoms with van der Waals surface area (Å²) in [5.41, 5.74) is 0.892. The van der Waals surface area contributed by atoms with Crippen LogP contribution in [0.3, 0.4) is 0 Å². The number of benzene rings is 1. The second-order valence-electron chi connectivity index (χ2n) is 8.06. The van der Waals surface area contributed by atoms with Crippen LogP contribution in [-0.4, -0.2) is 33.5 Å². The molecule has 0 bridgehead atoms. The molecular weight excluding hydrogens is 350 g/mol. The minimum Gasteiger partial charge on any atom is -0.326 e. The monoisotopic (exact) mass is 377 g/mol. The van der Waals surface area contributed by atoms with Gasteiger partial charge in [-0.25, -0.2) is 13.1 Å². The Morgan fingerprint density at radius 3 is 2.81 bits per heavy atom. The molecule has 1 amide bonds. The number of rotatable bonds is 5. The molecule has 6 nitrogen and oxygen atoms in total. The van der Waals surface area contributed by atoms with Gasteiger partial charge in [0.1, 0.15) is 0 Å². The molecule has 4 rings (SSSR count). The van der Waals surface area contributed by atoms with E-state index in [4.69, 9.17) is 0 Å². The van der Waals surface area contributed by atoms with Gasteiger partial charge >= 0.3 is 0 Å². The molecule has 1 aromatic carbocycles. The third kappa shape index (κ3) is 3.28. The predicted octanol–water partition coefficient (Wildman–Crippen LogP) is 2.15. The van der Waals surface area contributed by atoms with Gasteiger partial charge in [0.2, 0.25) is 15.9 Å². The van der Waals surface area contributed by atoms with Crippen molar-refractivity contribution in [1.82, 2.24) is 10.0 Å². The van der Waals surface area contributed by atoms with Crippen LogP contribution in [-0.2, 0) is 14.8 Å². The summed E-state index contributed by atoms with van der Waals surface area (Å²) in [7, 11) is -3.54. The lowest BCUT2D eigenvalue weighted by molar-refractivity contribution is -0.128. The zero-order valence-corrected chi connectivity index (χ0v) is 16.0. The first-order chi connectivity index (χ1) is 12.4. The molecule has 0 radical (unpaired) electrons. The van der Waals surface area contributed by atoms with Crippen molar-refractivity contribution in [2.45, 2.75) is 56.4 Å². The van der Waals surface area contributed by atoms with Gasteiger partial charge in [-0.1, -0.05) is 18.9 Å². The molecular formula is C19H27N3O3S. The van der Waals surface area contributed by atoms with E-state index in [1.165, 1.54) is 6.42 Å². The Morgan fingerprint density at radius 1 is 1.23 bits per heavy atom. The Hall–Kier alpha value is -1.44. The molecule has 0 unspecified atom stereocenters. The van der Waals surface area contributed by atoms with Gasteiger partial charge in [0.15, 0.2) is 0 Å². The highest BCUT2D eigenvalue weighted by Gasteiger charge is 2.49. The number of fused-ring (bicyclic) bond motifs is 1. The van der Waals surface area contributed by atoms with Crippen LogP contribution in [0.15, 0.2) is 23.1 Å². The Bertz CT molecular complexity index is 819. The maximum absolute atomic E-state index is 13.1. The zero-order valence-electron chi connectivity index (χ0n) is 15.2. The van der Waals surface area contributed by atoms with E-state index in [1.54, 1.807) is 25.1 Å². The first-order valence-corrected chi connectivity index (χ1v) is 11.0. The van der Waals surface area contributed by atoms with Crippen LogP contribution in [0, 0.1) is 18.3 Å². The maximum atomic E-state index is 13.1. The second kappa shape index (κ2) is 6.62. The molecule has 1 heterocycles. The highest BCUT2D eigenvalue weighted by Crippen LogP contribution is 2.44.